The molecule has 0 unspecified atom stereocenters. The van der Waals surface area contributed by atoms with Crippen LogP contribution >= 0.6 is 11.6 Å². The van der Waals surface area contributed by atoms with Gasteiger partial charge in [0.15, 0.2) is 0 Å². The zero-order valence-electron chi connectivity index (χ0n) is 16.0. The van der Waals surface area contributed by atoms with Crippen LogP contribution in [0.4, 0.5) is 11.4 Å². The number of nitrogens with zero attached hydrogens (tertiary/aromatic N) is 2. The SMILES string of the molecule is O=S(=O)(O)c1cc([O-])c2c([O-])c(N=Nc3ccc(Cl)cc3)c(S(=O)(=O)O)cc2c1.[Na+].[Na+]. The van der Waals surface area contributed by atoms with Gasteiger partial charge in [-0.3, -0.25) is 9.11 Å². The number of halogens is 1. The molecule has 0 bridgehead atoms. The fraction of sp³-hybridized carbons (Fsp3) is 0. The molecular weight excluding hydrogens is 494 g/mol. The summed E-state index contributed by atoms with van der Waals surface area (Å²) in [4.78, 5) is -1.83. The van der Waals surface area contributed by atoms with Crippen molar-refractivity contribution in [2.45, 2.75) is 9.79 Å². The topological polar surface area (TPSA) is 180 Å². The Hall–Kier alpha value is -0.770. The van der Waals surface area contributed by atoms with E-state index in [1.54, 1.807) is 0 Å². The maximum absolute atomic E-state index is 12.7. The first kappa shape index (κ1) is 28.3. The average Bonchev–Trinajstić information content (AvgIpc) is 2.60. The van der Waals surface area contributed by atoms with Crippen LogP contribution in [0.5, 0.6) is 11.5 Å². The van der Waals surface area contributed by atoms with Gasteiger partial charge in [0.05, 0.1) is 16.3 Å². The Balaban J connectivity index is 0.00000240. The molecule has 0 radical (unpaired) electrons. The van der Waals surface area contributed by atoms with Crippen LogP contribution in [0.15, 0.2) is 62.5 Å². The van der Waals surface area contributed by atoms with Crippen LogP contribution in [0.1, 0.15) is 0 Å². The summed E-state index contributed by atoms with van der Waals surface area (Å²) in [5, 5.41) is 31.5. The maximum Gasteiger partial charge on any atom is 1.00 e. The van der Waals surface area contributed by atoms with E-state index in [0.717, 1.165) is 6.07 Å². The predicted octanol–water partition coefficient (Wildman–Crippen LogP) is -3.44. The molecule has 15 heteroatoms. The monoisotopic (exact) mass is 502 g/mol. The molecule has 0 spiro atoms. The Labute approximate surface area is 226 Å². The van der Waals surface area contributed by atoms with E-state index in [1.807, 2.05) is 0 Å². The van der Waals surface area contributed by atoms with Crippen LogP contribution in [0, 0.1) is 0 Å². The molecule has 152 valence electrons. The average molecular weight is 503 g/mol. The van der Waals surface area contributed by atoms with Gasteiger partial charge in [-0.2, -0.15) is 21.9 Å². The third-order valence-corrected chi connectivity index (χ3v) is 5.69. The second kappa shape index (κ2) is 10.4. The van der Waals surface area contributed by atoms with Gasteiger partial charge in [-0.25, -0.2) is 0 Å². The van der Waals surface area contributed by atoms with Gasteiger partial charge < -0.3 is 10.2 Å². The van der Waals surface area contributed by atoms with Crippen molar-refractivity contribution in [1.82, 2.24) is 0 Å². The van der Waals surface area contributed by atoms with E-state index in [4.69, 9.17) is 16.2 Å². The van der Waals surface area contributed by atoms with Crippen molar-refractivity contribution in [1.29, 1.82) is 0 Å². The summed E-state index contributed by atoms with van der Waals surface area (Å²) in [5.74, 6) is -2.29. The van der Waals surface area contributed by atoms with Crippen molar-refractivity contribution < 1.29 is 95.3 Å². The molecule has 0 aliphatic heterocycles. The summed E-state index contributed by atoms with van der Waals surface area (Å²) < 4.78 is 64.6. The van der Waals surface area contributed by atoms with Crippen LogP contribution in [-0.4, -0.2) is 25.9 Å². The summed E-state index contributed by atoms with van der Waals surface area (Å²) in [6.45, 7) is 0. The predicted molar refractivity (Wildman–Crippen MR) is 98.1 cm³/mol. The van der Waals surface area contributed by atoms with Crippen LogP contribution < -0.4 is 69.3 Å². The summed E-state index contributed by atoms with van der Waals surface area (Å²) in [6.07, 6.45) is 0. The molecule has 0 saturated carbocycles. The Morgan fingerprint density at radius 2 is 1.42 bits per heavy atom. The largest absolute Gasteiger partial charge is 1.00 e. The summed E-state index contributed by atoms with van der Waals surface area (Å²) in [6, 6.07) is 7.69. The van der Waals surface area contributed by atoms with Crippen molar-refractivity contribution in [3.63, 3.8) is 0 Å². The second-order valence-electron chi connectivity index (χ2n) is 5.70. The van der Waals surface area contributed by atoms with E-state index in [1.165, 1.54) is 24.3 Å². The number of azo groups is 1. The van der Waals surface area contributed by atoms with E-state index in [9.17, 15) is 31.6 Å². The molecule has 0 saturated heterocycles. The normalized spacial score (nSPS) is 11.8. The van der Waals surface area contributed by atoms with Crippen molar-refractivity contribution in [3.05, 3.63) is 47.5 Å². The summed E-state index contributed by atoms with van der Waals surface area (Å²) >= 11 is 5.74. The van der Waals surface area contributed by atoms with Crippen molar-refractivity contribution in [2.75, 3.05) is 0 Å². The van der Waals surface area contributed by atoms with E-state index in [2.05, 4.69) is 10.2 Å². The molecule has 31 heavy (non-hydrogen) atoms. The Morgan fingerprint density at radius 1 is 0.839 bits per heavy atom. The van der Waals surface area contributed by atoms with Crippen LogP contribution in [0.2, 0.25) is 5.02 Å². The van der Waals surface area contributed by atoms with Crippen LogP contribution in [0.3, 0.4) is 0 Å². The standard InChI is InChI=1S/C16H11ClN2O8S2.2Na/c17-9-1-3-10(4-2-9)18-19-15-13(29(25,26)27)6-8-5-11(28(22,23)24)7-12(20)14(8)16(15)21;;/h1-7,20-21H,(H,22,23,24)(H,25,26,27);;/q;2*+1/p-2. The van der Waals surface area contributed by atoms with E-state index < -0.39 is 58.0 Å². The molecule has 10 nitrogen and oxygen atoms in total. The molecule has 0 fully saturated rings. The first-order valence-corrected chi connectivity index (χ1v) is 10.7. The van der Waals surface area contributed by atoms with Gasteiger partial charge in [-0.1, -0.05) is 17.4 Å². The molecule has 0 aromatic heterocycles. The molecule has 0 aliphatic carbocycles. The molecule has 0 amide bonds. The minimum atomic E-state index is -5.01. The number of fused-ring (bicyclic) bond motifs is 1. The van der Waals surface area contributed by atoms with E-state index >= 15 is 0 Å². The van der Waals surface area contributed by atoms with Gasteiger partial charge in [0.1, 0.15) is 4.90 Å². The molecule has 3 aromatic rings. The minimum Gasteiger partial charge on any atom is -0.872 e. The minimum absolute atomic E-state index is 0. The summed E-state index contributed by atoms with van der Waals surface area (Å²) in [5.41, 5.74) is -0.647. The van der Waals surface area contributed by atoms with Crippen LogP contribution in [-0.2, 0) is 20.2 Å². The molecule has 3 aromatic carbocycles. The zero-order chi connectivity index (χ0) is 21.6. The molecule has 2 N–H and O–H groups in total. The third-order valence-electron chi connectivity index (χ3n) is 3.74. The first-order chi connectivity index (χ1) is 13.4. The Morgan fingerprint density at radius 3 is 1.94 bits per heavy atom. The number of benzene rings is 3. The fourth-order valence-electron chi connectivity index (χ4n) is 2.46. The number of hydrogen-bond acceptors (Lipinski definition) is 8. The maximum atomic E-state index is 12.7. The van der Waals surface area contributed by atoms with Crippen LogP contribution in [0.25, 0.3) is 10.8 Å². The second-order valence-corrected chi connectivity index (χ2v) is 8.95. The van der Waals surface area contributed by atoms with E-state index in [0.29, 0.717) is 17.2 Å². The van der Waals surface area contributed by atoms with Crippen molar-refractivity contribution in [3.8, 4) is 11.5 Å². The molecule has 0 atom stereocenters. The number of hydrogen-bond donors (Lipinski definition) is 2. The third kappa shape index (κ3) is 6.39. The number of rotatable bonds is 4. The van der Waals surface area contributed by atoms with Gasteiger partial charge in [-0.05, 0) is 53.2 Å². The van der Waals surface area contributed by atoms with Gasteiger partial charge in [0.25, 0.3) is 20.2 Å². The van der Waals surface area contributed by atoms with Crippen molar-refractivity contribution in [2.24, 2.45) is 10.2 Å². The smallest absolute Gasteiger partial charge is 0.872 e. The van der Waals surface area contributed by atoms with Crippen molar-refractivity contribution >= 4 is 54.0 Å². The first-order valence-electron chi connectivity index (χ1n) is 7.49. The van der Waals surface area contributed by atoms with Gasteiger partial charge in [0, 0.05) is 5.02 Å². The quantitative estimate of drug-likeness (QED) is 0.210. The van der Waals surface area contributed by atoms with Gasteiger partial charge >= 0.3 is 59.1 Å². The summed E-state index contributed by atoms with van der Waals surface area (Å²) in [7, 11) is -9.81. The molecule has 3 rings (SSSR count). The molecular formula is C16H9ClN2Na2O8S2. The fourth-order valence-corrected chi connectivity index (χ4v) is 3.77. The molecule has 0 heterocycles. The van der Waals surface area contributed by atoms with Gasteiger partial charge in [0.2, 0.25) is 0 Å². The Kier molecular flexibility index (Phi) is 9.52. The molecule has 0 aliphatic rings. The Bertz CT molecular complexity index is 1380. The van der Waals surface area contributed by atoms with E-state index in [-0.39, 0.29) is 64.8 Å². The zero-order valence-corrected chi connectivity index (χ0v) is 22.4. The van der Waals surface area contributed by atoms with Gasteiger partial charge in [-0.15, -0.1) is 10.9 Å².